The highest BCUT2D eigenvalue weighted by atomic mass is 16.1. The topological polar surface area (TPSA) is 82.2 Å². The Bertz CT molecular complexity index is 601. The van der Waals surface area contributed by atoms with Gasteiger partial charge in [0, 0.05) is 36.6 Å². The molecule has 1 fully saturated rings. The summed E-state index contributed by atoms with van der Waals surface area (Å²) in [6.07, 6.45) is 3.21. The molecule has 5 nitrogen and oxygen atoms in total. The van der Waals surface area contributed by atoms with Gasteiger partial charge in [0.1, 0.15) is 0 Å². The number of amides is 1. The SMILES string of the molecule is CCN1CCC(NC(=O)c2cccc(C(N)=C(C)C=N)c2)CC1. The molecule has 1 aromatic rings. The van der Waals surface area contributed by atoms with Gasteiger partial charge in [-0.15, -0.1) is 0 Å². The number of carbonyl (C=O) groups is 1. The predicted molar refractivity (Wildman–Crippen MR) is 94.6 cm³/mol. The van der Waals surface area contributed by atoms with E-state index < -0.39 is 0 Å². The number of hydrogen-bond donors (Lipinski definition) is 3. The lowest BCUT2D eigenvalue weighted by Crippen LogP contribution is -2.44. The van der Waals surface area contributed by atoms with Crippen LogP contribution >= 0.6 is 0 Å². The summed E-state index contributed by atoms with van der Waals surface area (Å²) in [7, 11) is 0. The average Bonchev–Trinajstić information content (AvgIpc) is 2.61. The summed E-state index contributed by atoms with van der Waals surface area (Å²) in [5.41, 5.74) is 8.64. The molecule has 0 bridgehead atoms. The third kappa shape index (κ3) is 4.42. The van der Waals surface area contributed by atoms with Gasteiger partial charge in [0.2, 0.25) is 0 Å². The molecular weight excluding hydrogens is 288 g/mol. The Kier molecular flexibility index (Phi) is 5.93. The molecule has 0 unspecified atom stereocenters. The van der Waals surface area contributed by atoms with Crippen LogP contribution in [0.1, 0.15) is 42.6 Å². The maximum atomic E-state index is 12.5. The summed E-state index contributed by atoms with van der Waals surface area (Å²) in [4.78, 5) is 14.8. The standard InChI is InChI=1S/C18H26N4O/c1-3-22-9-7-16(8-10-22)21-18(23)15-6-4-5-14(11-15)17(20)13(2)12-19/h4-6,11-12,16,19H,3,7-10,20H2,1-2H3,(H,21,23). The number of hydrogen-bond acceptors (Lipinski definition) is 4. The molecule has 0 spiro atoms. The van der Waals surface area contributed by atoms with Crippen LogP contribution in [0.3, 0.4) is 0 Å². The molecule has 5 heteroatoms. The zero-order valence-corrected chi connectivity index (χ0v) is 13.9. The van der Waals surface area contributed by atoms with E-state index in [0.717, 1.165) is 38.0 Å². The van der Waals surface area contributed by atoms with Gasteiger partial charge in [0.25, 0.3) is 5.91 Å². The van der Waals surface area contributed by atoms with Crippen molar-refractivity contribution in [3.05, 3.63) is 41.0 Å². The van der Waals surface area contributed by atoms with Gasteiger partial charge in [-0.2, -0.15) is 0 Å². The Morgan fingerprint density at radius 1 is 1.39 bits per heavy atom. The van der Waals surface area contributed by atoms with Gasteiger partial charge in [-0.1, -0.05) is 19.1 Å². The lowest BCUT2D eigenvalue weighted by molar-refractivity contribution is 0.0912. The first-order valence-corrected chi connectivity index (χ1v) is 8.15. The molecule has 1 heterocycles. The Labute approximate surface area is 138 Å². The molecule has 4 N–H and O–H groups in total. The molecule has 1 aliphatic heterocycles. The second kappa shape index (κ2) is 7.92. The van der Waals surface area contributed by atoms with E-state index >= 15 is 0 Å². The fourth-order valence-corrected chi connectivity index (χ4v) is 2.80. The van der Waals surface area contributed by atoms with Crippen LogP contribution in [-0.2, 0) is 0 Å². The first kappa shape index (κ1) is 17.2. The van der Waals surface area contributed by atoms with Gasteiger partial charge >= 0.3 is 0 Å². The summed E-state index contributed by atoms with van der Waals surface area (Å²) >= 11 is 0. The Hall–Kier alpha value is -2.14. The molecule has 1 amide bonds. The van der Waals surface area contributed by atoms with Gasteiger partial charge < -0.3 is 21.4 Å². The minimum atomic E-state index is -0.0536. The van der Waals surface area contributed by atoms with E-state index in [1.807, 2.05) is 12.1 Å². The van der Waals surface area contributed by atoms with Crippen LogP contribution < -0.4 is 11.1 Å². The highest BCUT2D eigenvalue weighted by Gasteiger charge is 2.20. The van der Waals surface area contributed by atoms with Crippen molar-refractivity contribution in [2.45, 2.75) is 32.7 Å². The quantitative estimate of drug-likeness (QED) is 0.729. The number of nitrogens with one attached hydrogen (secondary N) is 2. The number of carbonyl (C=O) groups excluding carboxylic acids is 1. The van der Waals surface area contributed by atoms with E-state index in [4.69, 9.17) is 11.1 Å². The molecule has 0 atom stereocenters. The van der Waals surface area contributed by atoms with Crippen molar-refractivity contribution < 1.29 is 4.79 Å². The highest BCUT2D eigenvalue weighted by molar-refractivity contribution is 5.96. The Morgan fingerprint density at radius 2 is 2.04 bits per heavy atom. The molecule has 1 aliphatic rings. The summed E-state index contributed by atoms with van der Waals surface area (Å²) in [5, 5.41) is 10.4. The minimum Gasteiger partial charge on any atom is -0.398 e. The first-order chi connectivity index (χ1) is 11.0. The summed E-state index contributed by atoms with van der Waals surface area (Å²) in [5.74, 6) is -0.0536. The maximum absolute atomic E-state index is 12.5. The number of allylic oxidation sites excluding steroid dienone is 1. The Balaban J connectivity index is 2.04. The lowest BCUT2D eigenvalue weighted by Gasteiger charge is -2.31. The van der Waals surface area contributed by atoms with Crippen molar-refractivity contribution in [3.63, 3.8) is 0 Å². The predicted octanol–water partition coefficient (Wildman–Crippen LogP) is 2.24. The van der Waals surface area contributed by atoms with E-state index in [-0.39, 0.29) is 11.9 Å². The van der Waals surface area contributed by atoms with Crippen LogP contribution in [0.5, 0.6) is 0 Å². The van der Waals surface area contributed by atoms with Crippen LogP contribution in [0.25, 0.3) is 5.70 Å². The molecule has 23 heavy (non-hydrogen) atoms. The monoisotopic (exact) mass is 314 g/mol. The maximum Gasteiger partial charge on any atom is 0.251 e. The van der Waals surface area contributed by atoms with Crippen molar-refractivity contribution >= 4 is 17.8 Å². The van der Waals surface area contributed by atoms with Gasteiger partial charge in [0.05, 0.1) is 0 Å². The second-order valence-corrected chi connectivity index (χ2v) is 6.00. The van der Waals surface area contributed by atoms with Crippen molar-refractivity contribution in [2.24, 2.45) is 5.73 Å². The third-order valence-electron chi connectivity index (χ3n) is 4.45. The van der Waals surface area contributed by atoms with Crippen molar-refractivity contribution in [3.8, 4) is 0 Å². The van der Waals surface area contributed by atoms with E-state index in [0.29, 0.717) is 16.8 Å². The van der Waals surface area contributed by atoms with Gasteiger partial charge in [0.15, 0.2) is 0 Å². The highest BCUT2D eigenvalue weighted by Crippen LogP contribution is 2.16. The first-order valence-electron chi connectivity index (χ1n) is 8.15. The minimum absolute atomic E-state index is 0.0536. The Morgan fingerprint density at radius 3 is 2.65 bits per heavy atom. The fraction of sp³-hybridized carbons (Fsp3) is 0.444. The van der Waals surface area contributed by atoms with E-state index in [1.54, 1.807) is 19.1 Å². The van der Waals surface area contributed by atoms with Crippen LogP contribution in [-0.4, -0.2) is 42.7 Å². The van der Waals surface area contributed by atoms with Crippen molar-refractivity contribution in [1.82, 2.24) is 10.2 Å². The molecule has 0 aliphatic carbocycles. The fourth-order valence-electron chi connectivity index (χ4n) is 2.80. The van der Waals surface area contributed by atoms with Crippen LogP contribution in [0.4, 0.5) is 0 Å². The van der Waals surface area contributed by atoms with Crippen LogP contribution in [0.15, 0.2) is 29.8 Å². The number of benzene rings is 1. The number of piperidine rings is 1. The van der Waals surface area contributed by atoms with E-state index in [2.05, 4.69) is 17.1 Å². The largest absolute Gasteiger partial charge is 0.398 e. The van der Waals surface area contributed by atoms with Crippen LogP contribution in [0, 0.1) is 5.41 Å². The molecule has 0 aromatic heterocycles. The van der Waals surface area contributed by atoms with Gasteiger partial charge in [-0.05, 0) is 49.6 Å². The molecule has 0 radical (unpaired) electrons. The summed E-state index contributed by atoms with van der Waals surface area (Å²) in [6.45, 7) is 7.10. The normalized spacial score (nSPS) is 17.5. The third-order valence-corrected chi connectivity index (χ3v) is 4.45. The smallest absolute Gasteiger partial charge is 0.251 e. The van der Waals surface area contributed by atoms with Crippen LogP contribution in [0.2, 0.25) is 0 Å². The van der Waals surface area contributed by atoms with Crippen molar-refractivity contribution in [2.75, 3.05) is 19.6 Å². The van der Waals surface area contributed by atoms with E-state index in [9.17, 15) is 4.79 Å². The number of rotatable bonds is 5. The number of nitrogens with zero attached hydrogens (tertiary/aromatic N) is 1. The number of likely N-dealkylation sites (tertiary alicyclic amines) is 1. The molecule has 1 aromatic carbocycles. The second-order valence-electron chi connectivity index (χ2n) is 6.00. The molecular formula is C18H26N4O. The zero-order chi connectivity index (χ0) is 16.8. The lowest BCUT2D eigenvalue weighted by atomic mass is 10.0. The number of nitrogens with two attached hydrogens (primary N) is 1. The molecule has 2 rings (SSSR count). The average molecular weight is 314 g/mol. The van der Waals surface area contributed by atoms with Gasteiger partial charge in [-0.3, -0.25) is 4.79 Å². The summed E-state index contributed by atoms with van der Waals surface area (Å²) in [6, 6.07) is 7.52. The van der Waals surface area contributed by atoms with Gasteiger partial charge in [-0.25, -0.2) is 0 Å². The zero-order valence-electron chi connectivity index (χ0n) is 13.9. The molecule has 124 valence electrons. The molecule has 0 saturated carbocycles. The summed E-state index contributed by atoms with van der Waals surface area (Å²) < 4.78 is 0. The van der Waals surface area contributed by atoms with E-state index in [1.165, 1.54) is 6.21 Å². The van der Waals surface area contributed by atoms with Crippen molar-refractivity contribution in [1.29, 1.82) is 5.41 Å². The molecule has 1 saturated heterocycles.